The first kappa shape index (κ1) is 11.0. The minimum absolute atomic E-state index is 0.0999. The number of pyridine rings is 1. The molecule has 1 unspecified atom stereocenters. The van der Waals surface area contributed by atoms with Gasteiger partial charge in [-0.25, -0.2) is 0 Å². The Balaban J connectivity index is 2.73. The molecule has 1 atom stereocenters. The van der Waals surface area contributed by atoms with Crippen molar-refractivity contribution in [2.24, 2.45) is 0 Å². The third-order valence-electron chi connectivity index (χ3n) is 1.94. The standard InChI is InChI=1S/C9H14BNO3/c1-3-7(2)14-9-4-8(10(12)13)5-11-6-9/h4-7,12-13H,3H2,1-2H3. The van der Waals surface area contributed by atoms with E-state index in [1.54, 1.807) is 12.3 Å². The van der Waals surface area contributed by atoms with Crippen LogP contribution in [0.25, 0.3) is 0 Å². The summed E-state index contributed by atoms with van der Waals surface area (Å²) in [6.45, 7) is 3.96. The molecule has 2 N–H and O–H groups in total. The van der Waals surface area contributed by atoms with Crippen LogP contribution in [0, 0.1) is 0 Å². The third kappa shape index (κ3) is 3.01. The van der Waals surface area contributed by atoms with Gasteiger partial charge in [0, 0.05) is 11.7 Å². The molecule has 1 aromatic rings. The predicted octanol–water partition coefficient (Wildman–Crippen LogP) is -0.0613. The molecule has 1 heterocycles. The Morgan fingerprint density at radius 3 is 2.79 bits per heavy atom. The molecule has 14 heavy (non-hydrogen) atoms. The van der Waals surface area contributed by atoms with Crippen molar-refractivity contribution in [2.45, 2.75) is 26.4 Å². The summed E-state index contributed by atoms with van der Waals surface area (Å²) < 4.78 is 5.47. The van der Waals surface area contributed by atoms with Crippen LogP contribution in [0.2, 0.25) is 0 Å². The van der Waals surface area contributed by atoms with Gasteiger partial charge in [-0.1, -0.05) is 6.92 Å². The van der Waals surface area contributed by atoms with Crippen LogP contribution in [0.3, 0.4) is 0 Å². The van der Waals surface area contributed by atoms with Crippen LogP contribution >= 0.6 is 0 Å². The SMILES string of the molecule is CCC(C)Oc1cncc(B(O)O)c1. The molecule has 0 aliphatic heterocycles. The molecule has 0 bridgehead atoms. The van der Waals surface area contributed by atoms with Crippen LogP contribution in [-0.2, 0) is 0 Å². The second kappa shape index (κ2) is 4.98. The molecule has 0 fully saturated rings. The predicted molar refractivity (Wildman–Crippen MR) is 54.4 cm³/mol. The summed E-state index contributed by atoms with van der Waals surface area (Å²) >= 11 is 0. The van der Waals surface area contributed by atoms with Gasteiger partial charge in [0.05, 0.1) is 12.3 Å². The number of hydrogen-bond donors (Lipinski definition) is 2. The average molecular weight is 195 g/mol. The van der Waals surface area contributed by atoms with Gasteiger partial charge in [-0.3, -0.25) is 4.98 Å². The Morgan fingerprint density at radius 2 is 2.21 bits per heavy atom. The molecular formula is C9H14BNO3. The number of hydrogen-bond acceptors (Lipinski definition) is 4. The topological polar surface area (TPSA) is 62.6 Å². The summed E-state index contributed by atoms with van der Waals surface area (Å²) in [5, 5.41) is 17.8. The van der Waals surface area contributed by atoms with E-state index in [0.29, 0.717) is 11.2 Å². The zero-order chi connectivity index (χ0) is 10.6. The lowest BCUT2D eigenvalue weighted by molar-refractivity contribution is 0.216. The van der Waals surface area contributed by atoms with Crippen LogP contribution in [0.5, 0.6) is 5.75 Å². The fourth-order valence-electron chi connectivity index (χ4n) is 0.957. The van der Waals surface area contributed by atoms with Gasteiger partial charge in [-0.05, 0) is 19.4 Å². The largest absolute Gasteiger partial charge is 0.490 e. The first-order valence-corrected chi connectivity index (χ1v) is 4.61. The molecule has 0 spiro atoms. The van der Waals surface area contributed by atoms with Gasteiger partial charge < -0.3 is 14.8 Å². The van der Waals surface area contributed by atoms with Gasteiger partial charge in [0.1, 0.15) is 5.75 Å². The Bertz CT molecular complexity index is 293. The maximum atomic E-state index is 8.90. The number of nitrogens with zero attached hydrogens (tertiary/aromatic N) is 1. The monoisotopic (exact) mass is 195 g/mol. The van der Waals surface area contributed by atoms with E-state index in [4.69, 9.17) is 14.8 Å². The Morgan fingerprint density at radius 1 is 1.50 bits per heavy atom. The minimum atomic E-state index is -1.50. The fourth-order valence-corrected chi connectivity index (χ4v) is 0.957. The van der Waals surface area contributed by atoms with Crippen LogP contribution in [0.1, 0.15) is 20.3 Å². The summed E-state index contributed by atoms with van der Waals surface area (Å²) in [7, 11) is -1.50. The average Bonchev–Trinajstić information content (AvgIpc) is 2.18. The molecule has 1 rings (SSSR count). The van der Waals surface area contributed by atoms with Crippen molar-refractivity contribution in [3.05, 3.63) is 18.5 Å². The van der Waals surface area contributed by atoms with E-state index in [0.717, 1.165) is 6.42 Å². The van der Waals surface area contributed by atoms with Crippen molar-refractivity contribution >= 4 is 12.6 Å². The summed E-state index contributed by atoms with van der Waals surface area (Å²) in [4.78, 5) is 3.85. The maximum Gasteiger partial charge on any atom is 0.490 e. The van der Waals surface area contributed by atoms with Crippen molar-refractivity contribution in [3.8, 4) is 5.75 Å². The van der Waals surface area contributed by atoms with Crippen molar-refractivity contribution in [3.63, 3.8) is 0 Å². The lowest BCUT2D eigenvalue weighted by atomic mass is 9.82. The molecule has 0 saturated heterocycles. The van der Waals surface area contributed by atoms with Crippen molar-refractivity contribution < 1.29 is 14.8 Å². The van der Waals surface area contributed by atoms with Gasteiger partial charge in [0.25, 0.3) is 0 Å². The van der Waals surface area contributed by atoms with E-state index in [-0.39, 0.29) is 6.10 Å². The molecular weight excluding hydrogens is 181 g/mol. The van der Waals surface area contributed by atoms with Crippen molar-refractivity contribution in [1.29, 1.82) is 0 Å². The van der Waals surface area contributed by atoms with E-state index in [9.17, 15) is 0 Å². The number of ether oxygens (including phenoxy) is 1. The first-order valence-electron chi connectivity index (χ1n) is 4.61. The van der Waals surface area contributed by atoms with E-state index in [1.807, 2.05) is 13.8 Å². The molecule has 0 aliphatic carbocycles. The Hall–Kier alpha value is -1.07. The molecule has 0 amide bonds. The second-order valence-electron chi connectivity index (χ2n) is 3.16. The molecule has 0 aliphatic rings. The Labute approximate surface area is 83.7 Å². The smallest absolute Gasteiger partial charge is 0.489 e. The number of rotatable bonds is 4. The van der Waals surface area contributed by atoms with E-state index < -0.39 is 7.12 Å². The molecule has 0 saturated carbocycles. The first-order chi connectivity index (χ1) is 6.63. The van der Waals surface area contributed by atoms with E-state index in [2.05, 4.69) is 4.98 Å². The second-order valence-corrected chi connectivity index (χ2v) is 3.16. The van der Waals surface area contributed by atoms with Crippen LogP contribution in [-0.4, -0.2) is 28.3 Å². The maximum absolute atomic E-state index is 8.90. The van der Waals surface area contributed by atoms with Crippen LogP contribution in [0.15, 0.2) is 18.5 Å². The highest BCUT2D eigenvalue weighted by molar-refractivity contribution is 6.58. The lowest BCUT2D eigenvalue weighted by Crippen LogP contribution is -2.30. The van der Waals surface area contributed by atoms with Crippen molar-refractivity contribution in [1.82, 2.24) is 4.98 Å². The molecule has 76 valence electrons. The van der Waals surface area contributed by atoms with Gasteiger partial charge in [-0.15, -0.1) is 0 Å². The zero-order valence-electron chi connectivity index (χ0n) is 8.34. The molecule has 5 heteroatoms. The van der Waals surface area contributed by atoms with E-state index >= 15 is 0 Å². The molecule has 1 aromatic heterocycles. The highest BCUT2D eigenvalue weighted by Gasteiger charge is 2.12. The molecule has 4 nitrogen and oxygen atoms in total. The van der Waals surface area contributed by atoms with Gasteiger partial charge in [-0.2, -0.15) is 0 Å². The fraction of sp³-hybridized carbons (Fsp3) is 0.444. The van der Waals surface area contributed by atoms with Crippen molar-refractivity contribution in [2.75, 3.05) is 0 Å². The summed E-state index contributed by atoms with van der Waals surface area (Å²) in [5.74, 6) is 0.560. The number of aromatic nitrogens is 1. The van der Waals surface area contributed by atoms with Gasteiger partial charge >= 0.3 is 7.12 Å². The summed E-state index contributed by atoms with van der Waals surface area (Å²) in [6.07, 6.45) is 3.95. The third-order valence-corrected chi connectivity index (χ3v) is 1.94. The van der Waals surface area contributed by atoms with E-state index in [1.165, 1.54) is 6.20 Å². The highest BCUT2D eigenvalue weighted by atomic mass is 16.5. The highest BCUT2D eigenvalue weighted by Crippen LogP contribution is 2.09. The summed E-state index contributed by atoms with van der Waals surface area (Å²) in [5.41, 5.74) is 0.339. The lowest BCUT2D eigenvalue weighted by Gasteiger charge is -2.12. The van der Waals surface area contributed by atoms with Gasteiger partial charge in [0.15, 0.2) is 0 Å². The Kier molecular flexibility index (Phi) is 3.91. The quantitative estimate of drug-likeness (QED) is 0.660. The molecule has 0 aromatic carbocycles. The minimum Gasteiger partial charge on any atom is -0.489 e. The summed E-state index contributed by atoms with van der Waals surface area (Å²) in [6, 6.07) is 1.57. The zero-order valence-corrected chi connectivity index (χ0v) is 8.34. The van der Waals surface area contributed by atoms with Gasteiger partial charge in [0.2, 0.25) is 0 Å². The van der Waals surface area contributed by atoms with Crippen LogP contribution in [0.4, 0.5) is 0 Å². The van der Waals surface area contributed by atoms with Crippen LogP contribution < -0.4 is 10.2 Å². The normalized spacial score (nSPS) is 12.3. The molecule has 0 radical (unpaired) electrons.